The maximum absolute atomic E-state index is 10.6. The number of β-amino-alcohol motifs (C(OH)–C–C–N with tert-alkyl or cyclic N) is 1. The van der Waals surface area contributed by atoms with Crippen LogP contribution in [-0.2, 0) is 0 Å². The SMILES string of the molecule is Cc1cnc(C2CCN(CC3(O)CCCCC3)C2)[nH]1. The largest absolute Gasteiger partial charge is 0.389 e. The standard InChI is InChI=1S/C15H25N3O/c1-12-9-16-14(17-12)13-5-8-18(10-13)11-15(19)6-3-2-4-7-15/h9,13,19H,2-8,10-11H2,1H3,(H,16,17). The number of H-pyrrole nitrogens is 1. The maximum atomic E-state index is 10.6. The first-order valence-electron chi connectivity index (χ1n) is 7.61. The molecule has 1 aliphatic heterocycles. The molecule has 1 aliphatic carbocycles. The fraction of sp³-hybridized carbons (Fsp3) is 0.800. The van der Waals surface area contributed by atoms with Crippen molar-refractivity contribution in [3.8, 4) is 0 Å². The minimum absolute atomic E-state index is 0.424. The Morgan fingerprint density at radius 2 is 2.21 bits per heavy atom. The van der Waals surface area contributed by atoms with E-state index in [1.807, 2.05) is 13.1 Å². The molecule has 0 spiro atoms. The number of imidazole rings is 1. The minimum Gasteiger partial charge on any atom is -0.389 e. The van der Waals surface area contributed by atoms with Crippen molar-refractivity contribution >= 4 is 0 Å². The summed E-state index contributed by atoms with van der Waals surface area (Å²) in [6, 6.07) is 0. The average Bonchev–Trinajstić information content (AvgIpc) is 2.98. The van der Waals surface area contributed by atoms with Crippen molar-refractivity contribution in [3.05, 3.63) is 17.7 Å². The highest BCUT2D eigenvalue weighted by Crippen LogP contribution is 2.32. The van der Waals surface area contributed by atoms with E-state index in [-0.39, 0.29) is 0 Å². The summed E-state index contributed by atoms with van der Waals surface area (Å²) in [4.78, 5) is 10.2. The molecule has 0 radical (unpaired) electrons. The number of nitrogens with one attached hydrogen (secondary N) is 1. The van der Waals surface area contributed by atoms with Gasteiger partial charge in [-0.2, -0.15) is 0 Å². The highest BCUT2D eigenvalue weighted by molar-refractivity contribution is 5.07. The van der Waals surface area contributed by atoms with Crippen LogP contribution >= 0.6 is 0 Å². The summed E-state index contributed by atoms with van der Waals surface area (Å²) in [6.45, 7) is 5.03. The number of aromatic amines is 1. The molecule has 4 heteroatoms. The van der Waals surface area contributed by atoms with Crippen molar-refractivity contribution in [1.82, 2.24) is 14.9 Å². The Kier molecular flexibility index (Phi) is 3.63. The van der Waals surface area contributed by atoms with Crippen LogP contribution in [0, 0.1) is 6.92 Å². The topological polar surface area (TPSA) is 52.1 Å². The molecule has 4 nitrogen and oxygen atoms in total. The van der Waals surface area contributed by atoms with Crippen molar-refractivity contribution in [2.75, 3.05) is 19.6 Å². The second-order valence-corrected chi connectivity index (χ2v) is 6.46. The number of aliphatic hydroxyl groups is 1. The lowest BCUT2D eigenvalue weighted by atomic mass is 9.84. The van der Waals surface area contributed by atoms with Gasteiger partial charge in [0.2, 0.25) is 0 Å². The van der Waals surface area contributed by atoms with Gasteiger partial charge in [0.05, 0.1) is 5.60 Å². The number of hydrogen-bond acceptors (Lipinski definition) is 3. The normalized spacial score (nSPS) is 27.8. The van der Waals surface area contributed by atoms with Crippen LogP contribution < -0.4 is 0 Å². The third-order valence-corrected chi connectivity index (χ3v) is 4.68. The molecule has 1 aromatic rings. The van der Waals surface area contributed by atoms with E-state index in [4.69, 9.17) is 0 Å². The number of hydrogen-bond donors (Lipinski definition) is 2. The molecule has 1 atom stereocenters. The van der Waals surface area contributed by atoms with Gasteiger partial charge >= 0.3 is 0 Å². The summed E-state index contributed by atoms with van der Waals surface area (Å²) in [5, 5.41) is 10.6. The van der Waals surface area contributed by atoms with E-state index in [0.717, 1.165) is 50.4 Å². The van der Waals surface area contributed by atoms with E-state index in [1.165, 1.54) is 19.3 Å². The molecule has 2 fully saturated rings. The molecule has 2 heterocycles. The molecular formula is C15H25N3O. The van der Waals surface area contributed by atoms with Crippen LogP contribution in [0.3, 0.4) is 0 Å². The monoisotopic (exact) mass is 263 g/mol. The molecule has 1 saturated carbocycles. The van der Waals surface area contributed by atoms with Gasteiger partial charge in [-0.25, -0.2) is 4.98 Å². The summed E-state index contributed by atoms with van der Waals surface area (Å²) in [6.07, 6.45) is 8.69. The zero-order valence-corrected chi connectivity index (χ0v) is 11.9. The van der Waals surface area contributed by atoms with Crippen LogP contribution in [0.1, 0.15) is 56.0 Å². The van der Waals surface area contributed by atoms with Gasteiger partial charge in [0.1, 0.15) is 5.82 Å². The van der Waals surface area contributed by atoms with Crippen molar-refractivity contribution in [3.63, 3.8) is 0 Å². The van der Waals surface area contributed by atoms with E-state index in [0.29, 0.717) is 5.92 Å². The Labute approximate surface area is 115 Å². The van der Waals surface area contributed by atoms with Gasteiger partial charge in [0.25, 0.3) is 0 Å². The van der Waals surface area contributed by atoms with E-state index >= 15 is 0 Å². The Morgan fingerprint density at radius 1 is 1.42 bits per heavy atom. The molecule has 0 amide bonds. The van der Waals surface area contributed by atoms with Crippen molar-refractivity contribution in [1.29, 1.82) is 0 Å². The van der Waals surface area contributed by atoms with Crippen LogP contribution in [0.15, 0.2) is 6.20 Å². The quantitative estimate of drug-likeness (QED) is 0.879. The molecular weight excluding hydrogens is 238 g/mol. The molecule has 0 aromatic carbocycles. The molecule has 1 saturated heterocycles. The second kappa shape index (κ2) is 5.25. The van der Waals surface area contributed by atoms with Gasteiger partial charge in [-0.1, -0.05) is 19.3 Å². The summed E-state index contributed by atoms with van der Waals surface area (Å²) >= 11 is 0. The highest BCUT2D eigenvalue weighted by Gasteiger charge is 2.34. The lowest BCUT2D eigenvalue weighted by molar-refractivity contribution is -0.0216. The number of aromatic nitrogens is 2. The fourth-order valence-electron chi connectivity index (χ4n) is 3.62. The predicted octanol–water partition coefficient (Wildman–Crippen LogP) is 2.20. The van der Waals surface area contributed by atoms with Crippen LogP contribution in [-0.4, -0.2) is 45.2 Å². The third-order valence-electron chi connectivity index (χ3n) is 4.68. The van der Waals surface area contributed by atoms with Gasteiger partial charge in [0.15, 0.2) is 0 Å². The van der Waals surface area contributed by atoms with E-state index in [2.05, 4.69) is 14.9 Å². The van der Waals surface area contributed by atoms with Crippen LogP contribution in [0.2, 0.25) is 0 Å². The summed E-state index contributed by atoms with van der Waals surface area (Å²) < 4.78 is 0. The average molecular weight is 263 g/mol. The van der Waals surface area contributed by atoms with Gasteiger partial charge < -0.3 is 10.1 Å². The Hall–Kier alpha value is -0.870. The fourth-order valence-corrected chi connectivity index (χ4v) is 3.62. The lowest BCUT2D eigenvalue weighted by Crippen LogP contribution is -2.43. The number of aryl methyl sites for hydroxylation is 1. The summed E-state index contributed by atoms with van der Waals surface area (Å²) in [5.74, 6) is 1.64. The van der Waals surface area contributed by atoms with E-state index in [9.17, 15) is 5.11 Å². The first kappa shape index (κ1) is 13.1. The molecule has 1 unspecified atom stereocenters. The Bertz CT molecular complexity index is 423. The van der Waals surface area contributed by atoms with Crippen molar-refractivity contribution < 1.29 is 5.11 Å². The third kappa shape index (κ3) is 3.00. The molecule has 106 valence electrons. The smallest absolute Gasteiger partial charge is 0.110 e. The Morgan fingerprint density at radius 3 is 2.89 bits per heavy atom. The molecule has 2 N–H and O–H groups in total. The van der Waals surface area contributed by atoms with E-state index < -0.39 is 5.60 Å². The Balaban J connectivity index is 1.57. The van der Waals surface area contributed by atoms with Crippen molar-refractivity contribution in [2.45, 2.75) is 57.0 Å². The molecule has 1 aromatic heterocycles. The minimum atomic E-state index is -0.424. The molecule has 2 aliphatic rings. The second-order valence-electron chi connectivity index (χ2n) is 6.46. The first-order valence-corrected chi connectivity index (χ1v) is 7.61. The molecule has 19 heavy (non-hydrogen) atoms. The molecule has 0 bridgehead atoms. The van der Waals surface area contributed by atoms with E-state index in [1.54, 1.807) is 0 Å². The predicted molar refractivity (Wildman–Crippen MR) is 75.2 cm³/mol. The van der Waals surface area contributed by atoms with Gasteiger partial charge in [-0.3, -0.25) is 4.90 Å². The van der Waals surface area contributed by atoms with Crippen molar-refractivity contribution in [2.24, 2.45) is 0 Å². The van der Waals surface area contributed by atoms with Gasteiger partial charge in [0, 0.05) is 30.9 Å². The molecule has 3 rings (SSSR count). The zero-order chi connectivity index (χ0) is 13.3. The number of rotatable bonds is 3. The van der Waals surface area contributed by atoms with Gasteiger partial charge in [-0.05, 0) is 32.7 Å². The maximum Gasteiger partial charge on any atom is 0.110 e. The lowest BCUT2D eigenvalue weighted by Gasteiger charge is -2.35. The van der Waals surface area contributed by atoms with Crippen LogP contribution in [0.25, 0.3) is 0 Å². The number of nitrogens with zero attached hydrogens (tertiary/aromatic N) is 2. The van der Waals surface area contributed by atoms with Crippen LogP contribution in [0.5, 0.6) is 0 Å². The zero-order valence-electron chi connectivity index (χ0n) is 11.9. The van der Waals surface area contributed by atoms with Crippen LogP contribution in [0.4, 0.5) is 0 Å². The van der Waals surface area contributed by atoms with Gasteiger partial charge in [-0.15, -0.1) is 0 Å². The number of likely N-dealkylation sites (tertiary alicyclic amines) is 1. The summed E-state index contributed by atoms with van der Waals surface area (Å²) in [7, 11) is 0. The summed E-state index contributed by atoms with van der Waals surface area (Å²) in [5.41, 5.74) is 0.714. The first-order chi connectivity index (χ1) is 9.15. The highest BCUT2D eigenvalue weighted by atomic mass is 16.3.